The summed E-state index contributed by atoms with van der Waals surface area (Å²) >= 11 is 0. The molecule has 0 aliphatic carbocycles. The van der Waals surface area contributed by atoms with E-state index in [-0.39, 0.29) is 11.3 Å². The maximum Gasteiger partial charge on any atom is 0.337 e. The van der Waals surface area contributed by atoms with E-state index in [1.807, 2.05) is 4.90 Å². The highest BCUT2D eigenvalue weighted by Crippen LogP contribution is 2.29. The van der Waals surface area contributed by atoms with Crippen molar-refractivity contribution in [3.8, 4) is 0 Å². The molecule has 0 aromatic heterocycles. The molecule has 4 heteroatoms. The molecular weight excluding hydrogens is 245 g/mol. The maximum absolute atomic E-state index is 14.0. The van der Waals surface area contributed by atoms with Crippen LogP contribution in [0.2, 0.25) is 0 Å². The van der Waals surface area contributed by atoms with Gasteiger partial charge >= 0.3 is 5.97 Å². The predicted octanol–water partition coefficient (Wildman–Crippen LogP) is 3.54. The minimum absolute atomic E-state index is 0.0648. The van der Waals surface area contributed by atoms with E-state index in [2.05, 4.69) is 6.92 Å². The third-order valence-electron chi connectivity index (χ3n) is 3.96. The smallest absolute Gasteiger partial charge is 0.337 e. The third kappa shape index (κ3) is 3.06. The molecule has 1 heterocycles. The number of carboxylic acids is 1. The molecule has 1 N–H and O–H groups in total. The van der Waals surface area contributed by atoms with Crippen LogP contribution >= 0.6 is 0 Å². The van der Waals surface area contributed by atoms with Gasteiger partial charge in [0, 0.05) is 13.1 Å². The number of carboxylic acid groups (broad SMARTS) is 1. The lowest BCUT2D eigenvalue weighted by molar-refractivity contribution is 0.0697. The molecule has 1 saturated heterocycles. The van der Waals surface area contributed by atoms with Crippen molar-refractivity contribution in [2.24, 2.45) is 5.92 Å². The average molecular weight is 265 g/mol. The lowest BCUT2D eigenvalue weighted by atomic mass is 9.98. The fourth-order valence-electron chi connectivity index (χ4n) is 2.81. The van der Waals surface area contributed by atoms with E-state index in [0.29, 0.717) is 5.92 Å². The monoisotopic (exact) mass is 265 g/mol. The first kappa shape index (κ1) is 13.8. The number of hydrogen-bond donors (Lipinski definition) is 1. The normalized spacial score (nSPS) is 20.1. The molecule has 1 atom stereocenters. The van der Waals surface area contributed by atoms with Crippen LogP contribution in [0.25, 0.3) is 0 Å². The van der Waals surface area contributed by atoms with Crippen LogP contribution in [0.4, 0.5) is 10.1 Å². The van der Waals surface area contributed by atoms with Gasteiger partial charge in [0.1, 0.15) is 5.82 Å². The van der Waals surface area contributed by atoms with Crippen LogP contribution in [0.3, 0.4) is 0 Å². The predicted molar refractivity (Wildman–Crippen MR) is 73.2 cm³/mol. The molecule has 3 nitrogen and oxygen atoms in total. The summed E-state index contributed by atoms with van der Waals surface area (Å²) in [5.74, 6) is -0.828. The van der Waals surface area contributed by atoms with Crippen LogP contribution in [0.5, 0.6) is 0 Å². The number of nitrogens with zero attached hydrogens (tertiary/aromatic N) is 1. The first-order chi connectivity index (χ1) is 9.13. The molecule has 1 aliphatic rings. The lowest BCUT2D eigenvalue weighted by Crippen LogP contribution is -2.27. The molecule has 0 radical (unpaired) electrons. The van der Waals surface area contributed by atoms with Crippen molar-refractivity contribution in [2.45, 2.75) is 32.6 Å². The molecule has 1 aromatic carbocycles. The largest absolute Gasteiger partial charge is 0.478 e. The van der Waals surface area contributed by atoms with Crippen LogP contribution in [0, 0.1) is 11.7 Å². The second kappa shape index (κ2) is 6.04. The summed E-state index contributed by atoms with van der Waals surface area (Å²) in [4.78, 5) is 13.1. The topological polar surface area (TPSA) is 40.5 Å². The third-order valence-corrected chi connectivity index (χ3v) is 3.96. The van der Waals surface area contributed by atoms with E-state index in [4.69, 9.17) is 0 Å². The maximum atomic E-state index is 14.0. The van der Waals surface area contributed by atoms with Gasteiger partial charge < -0.3 is 10.0 Å². The van der Waals surface area contributed by atoms with Crippen LogP contribution in [0.1, 0.15) is 43.0 Å². The second-order valence-corrected chi connectivity index (χ2v) is 5.13. The number of anilines is 1. The summed E-state index contributed by atoms with van der Waals surface area (Å²) in [5.41, 5.74) is 0.321. The van der Waals surface area contributed by atoms with E-state index in [1.54, 1.807) is 0 Å². The molecule has 0 amide bonds. The van der Waals surface area contributed by atoms with Gasteiger partial charge in [-0.15, -0.1) is 0 Å². The lowest BCUT2D eigenvalue weighted by Gasteiger charge is -2.25. The van der Waals surface area contributed by atoms with E-state index in [1.165, 1.54) is 18.2 Å². The first-order valence-electron chi connectivity index (χ1n) is 6.90. The van der Waals surface area contributed by atoms with Crippen LogP contribution in [-0.4, -0.2) is 24.2 Å². The molecule has 0 spiro atoms. The average Bonchev–Trinajstić information content (AvgIpc) is 2.63. The first-order valence-corrected chi connectivity index (χ1v) is 6.90. The van der Waals surface area contributed by atoms with Crippen molar-refractivity contribution in [3.05, 3.63) is 29.6 Å². The van der Waals surface area contributed by atoms with Gasteiger partial charge in [0.25, 0.3) is 0 Å². The summed E-state index contributed by atoms with van der Waals surface area (Å²) in [6, 6.07) is 4.27. The van der Waals surface area contributed by atoms with Gasteiger partial charge in [0.2, 0.25) is 0 Å². The number of hydrogen-bond acceptors (Lipinski definition) is 2. The van der Waals surface area contributed by atoms with E-state index >= 15 is 0 Å². The highest BCUT2D eigenvalue weighted by Gasteiger charge is 2.23. The van der Waals surface area contributed by atoms with E-state index in [0.717, 1.165) is 38.8 Å². The van der Waals surface area contributed by atoms with Gasteiger partial charge in [0.15, 0.2) is 0 Å². The molecule has 104 valence electrons. The number of rotatable bonds is 3. The Bertz CT molecular complexity index is 461. The highest BCUT2D eigenvalue weighted by molar-refractivity contribution is 5.94. The number of benzene rings is 1. The summed E-state index contributed by atoms with van der Waals surface area (Å²) in [5, 5.41) is 9.20. The van der Waals surface area contributed by atoms with Crippen molar-refractivity contribution in [1.82, 2.24) is 0 Å². The number of carbonyl (C=O) groups is 1. The van der Waals surface area contributed by atoms with Crippen LogP contribution < -0.4 is 4.90 Å². The second-order valence-electron chi connectivity index (χ2n) is 5.13. The zero-order chi connectivity index (χ0) is 13.8. The SMILES string of the molecule is CCC1CCCN(c2c(F)cccc2C(=O)O)CC1. The minimum Gasteiger partial charge on any atom is -0.478 e. The van der Waals surface area contributed by atoms with Gasteiger partial charge in [-0.2, -0.15) is 0 Å². The molecule has 1 aromatic rings. The molecule has 1 unspecified atom stereocenters. The Labute approximate surface area is 113 Å². The van der Waals surface area contributed by atoms with Gasteiger partial charge in [-0.3, -0.25) is 0 Å². The number of para-hydroxylation sites is 1. The van der Waals surface area contributed by atoms with E-state index in [9.17, 15) is 14.3 Å². The van der Waals surface area contributed by atoms with Crippen LogP contribution in [0.15, 0.2) is 18.2 Å². The Balaban J connectivity index is 2.28. The van der Waals surface area contributed by atoms with Crippen molar-refractivity contribution < 1.29 is 14.3 Å². The molecule has 0 bridgehead atoms. The minimum atomic E-state index is -1.06. The summed E-state index contributed by atoms with van der Waals surface area (Å²) in [6.45, 7) is 3.64. The fraction of sp³-hybridized carbons (Fsp3) is 0.533. The van der Waals surface area contributed by atoms with Gasteiger partial charge in [-0.05, 0) is 37.3 Å². The Hall–Kier alpha value is -1.58. The number of aromatic carboxylic acids is 1. The Morgan fingerprint density at radius 2 is 2.21 bits per heavy atom. The molecular formula is C15H20FNO2. The van der Waals surface area contributed by atoms with Crippen molar-refractivity contribution in [3.63, 3.8) is 0 Å². The Morgan fingerprint density at radius 3 is 2.89 bits per heavy atom. The zero-order valence-corrected chi connectivity index (χ0v) is 11.2. The molecule has 19 heavy (non-hydrogen) atoms. The van der Waals surface area contributed by atoms with Gasteiger partial charge in [0.05, 0.1) is 11.3 Å². The van der Waals surface area contributed by atoms with Crippen molar-refractivity contribution in [1.29, 1.82) is 0 Å². The van der Waals surface area contributed by atoms with Gasteiger partial charge in [-0.25, -0.2) is 9.18 Å². The Kier molecular flexibility index (Phi) is 4.40. The summed E-state index contributed by atoms with van der Waals surface area (Å²) < 4.78 is 14.0. The molecule has 0 saturated carbocycles. The standard InChI is InChI=1S/C15H20FNO2/c1-2-11-5-4-9-17(10-8-11)14-12(15(18)19)6-3-7-13(14)16/h3,6-7,11H,2,4-5,8-10H2,1H3,(H,18,19). The number of halogens is 1. The summed E-state index contributed by atoms with van der Waals surface area (Å²) in [6.07, 6.45) is 4.27. The van der Waals surface area contributed by atoms with E-state index < -0.39 is 11.8 Å². The Morgan fingerprint density at radius 1 is 1.42 bits per heavy atom. The molecule has 1 aliphatic heterocycles. The highest BCUT2D eigenvalue weighted by atomic mass is 19.1. The van der Waals surface area contributed by atoms with Gasteiger partial charge in [-0.1, -0.05) is 19.4 Å². The fourth-order valence-corrected chi connectivity index (χ4v) is 2.81. The molecule has 1 fully saturated rings. The quantitative estimate of drug-likeness (QED) is 0.908. The van der Waals surface area contributed by atoms with Crippen molar-refractivity contribution >= 4 is 11.7 Å². The zero-order valence-electron chi connectivity index (χ0n) is 11.2. The van der Waals surface area contributed by atoms with Crippen molar-refractivity contribution in [2.75, 3.05) is 18.0 Å². The summed E-state index contributed by atoms with van der Waals surface area (Å²) in [7, 11) is 0. The molecule has 2 rings (SSSR count). The van der Waals surface area contributed by atoms with Crippen LogP contribution in [-0.2, 0) is 0 Å².